The molecule has 21 heavy (non-hydrogen) atoms. The van der Waals surface area contributed by atoms with E-state index in [1.165, 1.54) is 17.7 Å². The van der Waals surface area contributed by atoms with E-state index in [9.17, 15) is 9.50 Å². The van der Waals surface area contributed by atoms with Crippen molar-refractivity contribution in [1.82, 2.24) is 0 Å². The number of benzene rings is 2. The highest BCUT2D eigenvalue weighted by molar-refractivity contribution is 9.10. The van der Waals surface area contributed by atoms with Gasteiger partial charge >= 0.3 is 0 Å². The Bertz CT molecular complexity index is 637. The van der Waals surface area contributed by atoms with E-state index in [0.717, 1.165) is 30.4 Å². The van der Waals surface area contributed by atoms with E-state index in [2.05, 4.69) is 15.9 Å². The second kappa shape index (κ2) is 6.16. The van der Waals surface area contributed by atoms with Crippen molar-refractivity contribution in [2.45, 2.75) is 32.0 Å². The van der Waals surface area contributed by atoms with E-state index in [-0.39, 0.29) is 5.82 Å². The van der Waals surface area contributed by atoms with Gasteiger partial charge in [-0.2, -0.15) is 0 Å². The molecule has 0 aromatic heterocycles. The van der Waals surface area contributed by atoms with Gasteiger partial charge in [0.2, 0.25) is 0 Å². The zero-order valence-electron chi connectivity index (χ0n) is 11.5. The van der Waals surface area contributed by atoms with E-state index >= 15 is 0 Å². The van der Waals surface area contributed by atoms with Gasteiger partial charge in [0.15, 0.2) is 0 Å². The quantitative estimate of drug-likeness (QED) is 0.880. The van der Waals surface area contributed by atoms with Crippen molar-refractivity contribution >= 4 is 15.9 Å². The third kappa shape index (κ3) is 3.44. The van der Waals surface area contributed by atoms with Gasteiger partial charge in [-0.3, -0.25) is 0 Å². The third-order valence-electron chi connectivity index (χ3n) is 3.73. The fourth-order valence-corrected chi connectivity index (χ4v) is 3.22. The zero-order chi connectivity index (χ0) is 14.8. The first kappa shape index (κ1) is 14.5. The van der Waals surface area contributed by atoms with Crippen LogP contribution in [0, 0.1) is 5.82 Å². The number of halogens is 2. The van der Waals surface area contributed by atoms with Gasteiger partial charge in [-0.1, -0.05) is 22.0 Å². The number of aryl methyl sites for hydroxylation is 1. The number of ether oxygens (including phenoxy) is 1. The van der Waals surface area contributed by atoms with Gasteiger partial charge in [-0.05, 0) is 66.3 Å². The van der Waals surface area contributed by atoms with E-state index in [0.29, 0.717) is 16.8 Å². The molecule has 1 aliphatic rings. The molecular formula is C17H16BrFO2. The van der Waals surface area contributed by atoms with Crippen LogP contribution >= 0.6 is 15.9 Å². The summed E-state index contributed by atoms with van der Waals surface area (Å²) in [5.41, 5.74) is 2.91. The normalized spacial score (nSPS) is 17.4. The molecule has 0 unspecified atom stereocenters. The molecule has 1 N–H and O–H groups in total. The molecule has 0 saturated heterocycles. The summed E-state index contributed by atoms with van der Waals surface area (Å²) in [6, 6.07) is 10.5. The molecule has 2 aromatic carbocycles. The Balaban J connectivity index is 1.75. The number of aliphatic hydroxyl groups excluding tert-OH is 1. The minimum absolute atomic E-state index is 0.288. The van der Waals surface area contributed by atoms with Gasteiger partial charge in [0.25, 0.3) is 0 Å². The number of rotatable bonds is 3. The first-order valence-corrected chi connectivity index (χ1v) is 7.80. The van der Waals surface area contributed by atoms with Crippen LogP contribution in [0.2, 0.25) is 0 Å². The first-order valence-electron chi connectivity index (χ1n) is 7.00. The lowest BCUT2D eigenvalue weighted by atomic mass is 9.89. The first-order chi connectivity index (χ1) is 10.1. The lowest BCUT2D eigenvalue weighted by Gasteiger charge is -2.22. The molecule has 0 amide bonds. The highest BCUT2D eigenvalue weighted by Crippen LogP contribution is 2.32. The molecule has 2 aromatic rings. The van der Waals surface area contributed by atoms with Gasteiger partial charge < -0.3 is 9.84 Å². The summed E-state index contributed by atoms with van der Waals surface area (Å²) in [5, 5.41) is 10.0. The maximum absolute atomic E-state index is 13.3. The fraction of sp³-hybridized carbons (Fsp3) is 0.294. The predicted octanol–water partition coefficient (Wildman–Crippen LogP) is 4.54. The summed E-state index contributed by atoms with van der Waals surface area (Å²) in [6.07, 6.45) is 2.42. The van der Waals surface area contributed by atoms with E-state index in [4.69, 9.17) is 4.74 Å². The van der Waals surface area contributed by atoms with E-state index in [1.807, 2.05) is 24.3 Å². The summed E-state index contributed by atoms with van der Waals surface area (Å²) in [6.45, 7) is 0.297. The average molecular weight is 351 g/mol. The van der Waals surface area contributed by atoms with Crippen LogP contribution in [0.25, 0.3) is 0 Å². The Hall–Kier alpha value is -1.39. The molecule has 1 aliphatic carbocycles. The lowest BCUT2D eigenvalue weighted by molar-refractivity contribution is 0.156. The largest absolute Gasteiger partial charge is 0.489 e. The van der Waals surface area contributed by atoms with Crippen molar-refractivity contribution in [3.8, 4) is 5.75 Å². The Labute approximate surface area is 131 Å². The number of hydrogen-bond acceptors (Lipinski definition) is 2. The number of aliphatic hydroxyl groups is 1. The van der Waals surface area contributed by atoms with Crippen LogP contribution in [-0.2, 0) is 13.0 Å². The van der Waals surface area contributed by atoms with Crippen LogP contribution in [-0.4, -0.2) is 5.11 Å². The van der Waals surface area contributed by atoms with Crippen LogP contribution in [0.4, 0.5) is 4.39 Å². The lowest BCUT2D eigenvalue weighted by Crippen LogP contribution is -2.09. The molecule has 1 atom stereocenters. The Morgan fingerprint density at radius 1 is 1.24 bits per heavy atom. The van der Waals surface area contributed by atoms with Gasteiger partial charge in [-0.25, -0.2) is 4.39 Å². The smallest absolute Gasteiger partial charge is 0.124 e. The molecule has 0 saturated carbocycles. The molecular weight excluding hydrogens is 335 g/mol. The van der Waals surface area contributed by atoms with Crippen molar-refractivity contribution in [3.05, 3.63) is 63.4 Å². The maximum Gasteiger partial charge on any atom is 0.124 e. The van der Waals surface area contributed by atoms with E-state index < -0.39 is 6.10 Å². The van der Waals surface area contributed by atoms with Crippen molar-refractivity contribution < 1.29 is 14.2 Å². The number of hydrogen-bond donors (Lipinski definition) is 1. The molecule has 0 heterocycles. The molecule has 0 radical (unpaired) electrons. The minimum Gasteiger partial charge on any atom is -0.489 e. The molecule has 3 rings (SSSR count). The van der Waals surface area contributed by atoms with Crippen molar-refractivity contribution in [1.29, 1.82) is 0 Å². The summed E-state index contributed by atoms with van der Waals surface area (Å²) in [7, 11) is 0. The van der Waals surface area contributed by atoms with E-state index in [1.54, 1.807) is 0 Å². The molecule has 0 bridgehead atoms. The maximum atomic E-state index is 13.3. The average Bonchev–Trinajstić information content (AvgIpc) is 2.45. The molecule has 0 spiro atoms. The van der Waals surface area contributed by atoms with Gasteiger partial charge in [-0.15, -0.1) is 0 Å². The molecule has 0 aliphatic heterocycles. The standard InChI is InChI=1S/C17H16BrFO2/c18-13-6-11(7-14(19)8-13)10-21-15-5-4-12-2-1-3-17(20)16(12)9-15/h4-9,17,20H,1-3,10H2/t17-/m1/s1. The highest BCUT2D eigenvalue weighted by Gasteiger charge is 2.18. The molecule has 2 nitrogen and oxygen atoms in total. The van der Waals surface area contributed by atoms with Crippen LogP contribution < -0.4 is 4.74 Å². The monoisotopic (exact) mass is 350 g/mol. The van der Waals surface area contributed by atoms with Crippen LogP contribution in [0.3, 0.4) is 0 Å². The van der Waals surface area contributed by atoms with Crippen LogP contribution in [0.5, 0.6) is 5.75 Å². The summed E-state index contributed by atoms with van der Waals surface area (Å²) >= 11 is 3.27. The third-order valence-corrected chi connectivity index (χ3v) is 4.19. The summed E-state index contributed by atoms with van der Waals surface area (Å²) in [4.78, 5) is 0. The topological polar surface area (TPSA) is 29.5 Å². The Kier molecular flexibility index (Phi) is 4.27. The second-order valence-corrected chi connectivity index (χ2v) is 6.25. The van der Waals surface area contributed by atoms with Crippen molar-refractivity contribution in [2.75, 3.05) is 0 Å². The minimum atomic E-state index is -0.402. The Morgan fingerprint density at radius 3 is 2.90 bits per heavy atom. The molecule has 0 fully saturated rings. The SMILES string of the molecule is O[C@@H]1CCCc2ccc(OCc3cc(F)cc(Br)c3)cc21. The molecule has 110 valence electrons. The fourth-order valence-electron chi connectivity index (χ4n) is 2.70. The predicted molar refractivity (Wildman–Crippen MR) is 82.8 cm³/mol. The van der Waals surface area contributed by atoms with Gasteiger partial charge in [0.1, 0.15) is 18.2 Å². The van der Waals surface area contributed by atoms with Gasteiger partial charge in [0.05, 0.1) is 6.10 Å². The summed E-state index contributed by atoms with van der Waals surface area (Å²) in [5.74, 6) is 0.416. The van der Waals surface area contributed by atoms with Crippen LogP contribution in [0.15, 0.2) is 40.9 Å². The van der Waals surface area contributed by atoms with Crippen molar-refractivity contribution in [3.63, 3.8) is 0 Å². The zero-order valence-corrected chi connectivity index (χ0v) is 13.1. The summed E-state index contributed by atoms with van der Waals surface area (Å²) < 4.78 is 19.7. The Morgan fingerprint density at radius 2 is 2.10 bits per heavy atom. The molecule has 4 heteroatoms. The van der Waals surface area contributed by atoms with Crippen LogP contribution in [0.1, 0.15) is 35.6 Å². The van der Waals surface area contributed by atoms with Gasteiger partial charge in [0, 0.05) is 4.47 Å². The second-order valence-electron chi connectivity index (χ2n) is 5.34. The van der Waals surface area contributed by atoms with Crippen molar-refractivity contribution in [2.24, 2.45) is 0 Å². The number of fused-ring (bicyclic) bond motifs is 1. The highest BCUT2D eigenvalue weighted by atomic mass is 79.9.